The van der Waals surface area contributed by atoms with E-state index in [1.807, 2.05) is 6.20 Å². The summed E-state index contributed by atoms with van der Waals surface area (Å²) in [4.78, 5) is 4.68. The van der Waals surface area contributed by atoms with E-state index >= 15 is 0 Å². The standard InChI is InChI=1S/C15H20N4/c1-11-13(10-17-19-11)5-3-9-16-15-8-7-12-4-2-6-14(12)18-15/h7-8,10H,2-6,9H2,1H3,(H,16,18)(H,17,19). The number of anilines is 1. The maximum Gasteiger partial charge on any atom is 0.126 e. The number of aromatic nitrogens is 3. The van der Waals surface area contributed by atoms with Crippen LogP contribution in [0.1, 0.15) is 35.4 Å². The minimum Gasteiger partial charge on any atom is -0.370 e. The Morgan fingerprint density at radius 3 is 3.11 bits per heavy atom. The molecule has 0 aromatic carbocycles. The van der Waals surface area contributed by atoms with E-state index in [1.165, 1.54) is 35.4 Å². The van der Waals surface area contributed by atoms with Gasteiger partial charge in [0.15, 0.2) is 0 Å². The lowest BCUT2D eigenvalue weighted by molar-refractivity contribution is 0.851. The van der Waals surface area contributed by atoms with E-state index < -0.39 is 0 Å². The van der Waals surface area contributed by atoms with Gasteiger partial charge < -0.3 is 5.32 Å². The summed E-state index contributed by atoms with van der Waals surface area (Å²) in [5.41, 5.74) is 5.20. The third-order valence-corrected chi connectivity index (χ3v) is 3.79. The van der Waals surface area contributed by atoms with Crippen molar-refractivity contribution < 1.29 is 0 Å². The molecule has 1 aliphatic carbocycles. The van der Waals surface area contributed by atoms with Crippen LogP contribution >= 0.6 is 0 Å². The van der Waals surface area contributed by atoms with Gasteiger partial charge in [0.2, 0.25) is 0 Å². The van der Waals surface area contributed by atoms with Gasteiger partial charge in [-0.3, -0.25) is 5.10 Å². The van der Waals surface area contributed by atoms with Crippen LogP contribution in [-0.2, 0) is 19.3 Å². The first-order chi connectivity index (χ1) is 9.33. The number of aromatic amines is 1. The molecule has 1 aliphatic rings. The smallest absolute Gasteiger partial charge is 0.126 e. The quantitative estimate of drug-likeness (QED) is 0.809. The van der Waals surface area contributed by atoms with Crippen LogP contribution in [0.5, 0.6) is 0 Å². The van der Waals surface area contributed by atoms with Crippen LogP contribution in [0.15, 0.2) is 18.3 Å². The number of H-pyrrole nitrogens is 1. The Kier molecular flexibility index (Phi) is 3.49. The highest BCUT2D eigenvalue weighted by atomic mass is 15.1. The van der Waals surface area contributed by atoms with Crippen molar-refractivity contribution in [2.45, 2.75) is 39.0 Å². The third kappa shape index (κ3) is 2.78. The van der Waals surface area contributed by atoms with E-state index in [9.17, 15) is 0 Å². The molecule has 2 N–H and O–H groups in total. The molecule has 0 aliphatic heterocycles. The molecular formula is C15H20N4. The predicted molar refractivity (Wildman–Crippen MR) is 76.4 cm³/mol. The van der Waals surface area contributed by atoms with Crippen molar-refractivity contribution in [3.8, 4) is 0 Å². The second-order valence-corrected chi connectivity index (χ2v) is 5.21. The Morgan fingerprint density at radius 2 is 2.26 bits per heavy atom. The molecule has 0 atom stereocenters. The minimum absolute atomic E-state index is 0.955. The number of aryl methyl sites for hydroxylation is 4. The largest absolute Gasteiger partial charge is 0.370 e. The number of rotatable bonds is 5. The number of hydrogen-bond donors (Lipinski definition) is 2. The third-order valence-electron chi connectivity index (χ3n) is 3.79. The fraction of sp³-hybridized carbons (Fsp3) is 0.467. The topological polar surface area (TPSA) is 53.6 Å². The SMILES string of the molecule is Cc1[nH]ncc1CCCNc1ccc2c(n1)CCC2. The summed E-state index contributed by atoms with van der Waals surface area (Å²) in [6.45, 7) is 3.02. The van der Waals surface area contributed by atoms with Crippen molar-refractivity contribution in [2.75, 3.05) is 11.9 Å². The molecule has 0 spiro atoms. The van der Waals surface area contributed by atoms with Crippen LogP contribution in [0.4, 0.5) is 5.82 Å². The molecule has 19 heavy (non-hydrogen) atoms. The molecule has 0 amide bonds. The predicted octanol–water partition coefficient (Wildman–Crippen LogP) is 2.65. The van der Waals surface area contributed by atoms with Gasteiger partial charge in [0.1, 0.15) is 5.82 Å². The number of nitrogens with zero attached hydrogens (tertiary/aromatic N) is 2. The lowest BCUT2D eigenvalue weighted by Crippen LogP contribution is -2.05. The van der Waals surface area contributed by atoms with Crippen LogP contribution in [0, 0.1) is 6.92 Å². The van der Waals surface area contributed by atoms with E-state index in [1.54, 1.807) is 0 Å². The Balaban J connectivity index is 1.49. The van der Waals surface area contributed by atoms with Crippen molar-refractivity contribution in [2.24, 2.45) is 0 Å². The summed E-state index contributed by atoms with van der Waals surface area (Å²) in [7, 11) is 0. The summed E-state index contributed by atoms with van der Waals surface area (Å²) < 4.78 is 0. The molecule has 0 radical (unpaired) electrons. The first-order valence-corrected chi connectivity index (χ1v) is 7.04. The maximum atomic E-state index is 4.68. The summed E-state index contributed by atoms with van der Waals surface area (Å²) in [6, 6.07) is 4.32. The van der Waals surface area contributed by atoms with Gasteiger partial charge in [0.05, 0.1) is 6.20 Å². The molecule has 0 unspecified atom stereocenters. The average molecular weight is 256 g/mol. The summed E-state index contributed by atoms with van der Waals surface area (Å²) in [5, 5.41) is 10.4. The fourth-order valence-electron chi connectivity index (χ4n) is 2.64. The van der Waals surface area contributed by atoms with E-state index in [2.05, 4.69) is 39.6 Å². The molecule has 2 heterocycles. The summed E-state index contributed by atoms with van der Waals surface area (Å²) >= 11 is 0. The van der Waals surface area contributed by atoms with Gasteiger partial charge in [-0.25, -0.2) is 4.98 Å². The second-order valence-electron chi connectivity index (χ2n) is 5.21. The van der Waals surface area contributed by atoms with Crippen molar-refractivity contribution >= 4 is 5.82 Å². The van der Waals surface area contributed by atoms with Gasteiger partial charge >= 0.3 is 0 Å². The van der Waals surface area contributed by atoms with Crippen molar-refractivity contribution in [1.29, 1.82) is 0 Å². The second kappa shape index (κ2) is 5.43. The highest BCUT2D eigenvalue weighted by molar-refractivity contribution is 5.40. The molecule has 2 aromatic rings. The summed E-state index contributed by atoms with van der Waals surface area (Å²) in [6.07, 6.45) is 7.66. The van der Waals surface area contributed by atoms with Crippen LogP contribution < -0.4 is 5.32 Å². The van der Waals surface area contributed by atoms with Crippen molar-refractivity contribution in [3.05, 3.63) is 40.8 Å². The van der Waals surface area contributed by atoms with Gasteiger partial charge in [-0.2, -0.15) is 5.10 Å². The van der Waals surface area contributed by atoms with Gasteiger partial charge in [0.25, 0.3) is 0 Å². The lowest BCUT2D eigenvalue weighted by atomic mass is 10.1. The van der Waals surface area contributed by atoms with Crippen molar-refractivity contribution in [1.82, 2.24) is 15.2 Å². The first-order valence-electron chi connectivity index (χ1n) is 7.04. The van der Waals surface area contributed by atoms with Crippen LogP contribution in [0.3, 0.4) is 0 Å². The van der Waals surface area contributed by atoms with Crippen molar-refractivity contribution in [3.63, 3.8) is 0 Å². The number of nitrogens with one attached hydrogen (secondary N) is 2. The normalized spacial score (nSPS) is 13.5. The molecule has 4 heteroatoms. The molecule has 0 saturated carbocycles. The van der Waals surface area contributed by atoms with Crippen LogP contribution in [0.25, 0.3) is 0 Å². The van der Waals surface area contributed by atoms with E-state index in [4.69, 9.17) is 0 Å². The van der Waals surface area contributed by atoms with Gasteiger partial charge in [-0.15, -0.1) is 0 Å². The highest BCUT2D eigenvalue weighted by Gasteiger charge is 2.12. The lowest BCUT2D eigenvalue weighted by Gasteiger charge is -2.07. The van der Waals surface area contributed by atoms with E-state index in [0.29, 0.717) is 0 Å². The highest BCUT2D eigenvalue weighted by Crippen LogP contribution is 2.21. The Bertz CT molecular complexity index is 559. The zero-order valence-electron chi connectivity index (χ0n) is 11.4. The molecule has 4 nitrogen and oxygen atoms in total. The zero-order chi connectivity index (χ0) is 13.1. The number of fused-ring (bicyclic) bond motifs is 1. The maximum absolute atomic E-state index is 4.68. The minimum atomic E-state index is 0.955. The average Bonchev–Trinajstić information content (AvgIpc) is 3.03. The molecule has 0 bridgehead atoms. The number of pyridine rings is 1. The molecule has 2 aromatic heterocycles. The fourth-order valence-corrected chi connectivity index (χ4v) is 2.64. The zero-order valence-corrected chi connectivity index (χ0v) is 11.4. The molecule has 3 rings (SSSR count). The molecule has 0 fully saturated rings. The Labute approximate surface area is 113 Å². The molecule has 0 saturated heterocycles. The van der Waals surface area contributed by atoms with Gasteiger partial charge in [-0.05, 0) is 56.2 Å². The Hall–Kier alpha value is -1.84. The Morgan fingerprint density at radius 1 is 1.32 bits per heavy atom. The van der Waals surface area contributed by atoms with E-state index in [0.717, 1.165) is 31.6 Å². The molecular weight excluding hydrogens is 236 g/mol. The van der Waals surface area contributed by atoms with Gasteiger partial charge in [-0.1, -0.05) is 6.07 Å². The van der Waals surface area contributed by atoms with Crippen LogP contribution in [0.2, 0.25) is 0 Å². The van der Waals surface area contributed by atoms with E-state index in [-0.39, 0.29) is 0 Å². The van der Waals surface area contributed by atoms with Gasteiger partial charge in [0, 0.05) is 17.9 Å². The first kappa shape index (κ1) is 12.2. The molecule has 100 valence electrons. The monoisotopic (exact) mass is 256 g/mol. The van der Waals surface area contributed by atoms with Crippen LogP contribution in [-0.4, -0.2) is 21.7 Å². The number of hydrogen-bond acceptors (Lipinski definition) is 3. The summed E-state index contributed by atoms with van der Waals surface area (Å²) in [5.74, 6) is 1.02.